The highest BCUT2D eigenvalue weighted by atomic mass is 35.5. The van der Waals surface area contributed by atoms with Gasteiger partial charge >= 0.3 is 0 Å². The molecule has 0 saturated carbocycles. The SMILES string of the molecule is CCc1ccc(-c2csc(NC(=O)c3cc(S(=O)(=O)NC)ccc3Cl)n2)cc1. The molecule has 0 spiro atoms. The number of aryl methyl sites for hydroxylation is 1. The third-order valence-corrected chi connectivity index (χ3v) is 6.64. The Morgan fingerprint density at radius 2 is 1.89 bits per heavy atom. The number of rotatable bonds is 6. The van der Waals surface area contributed by atoms with Crippen LogP contribution in [0.2, 0.25) is 5.02 Å². The Morgan fingerprint density at radius 3 is 2.54 bits per heavy atom. The van der Waals surface area contributed by atoms with Crippen LogP contribution in [0.4, 0.5) is 5.13 Å². The summed E-state index contributed by atoms with van der Waals surface area (Å²) in [5.41, 5.74) is 3.00. The summed E-state index contributed by atoms with van der Waals surface area (Å²) in [5.74, 6) is -0.527. The van der Waals surface area contributed by atoms with Gasteiger partial charge in [-0.25, -0.2) is 18.1 Å². The number of amides is 1. The summed E-state index contributed by atoms with van der Waals surface area (Å²) >= 11 is 7.37. The molecule has 3 aromatic rings. The Bertz CT molecular complexity index is 1110. The van der Waals surface area contributed by atoms with Gasteiger partial charge in [-0.1, -0.05) is 42.8 Å². The Balaban J connectivity index is 1.82. The van der Waals surface area contributed by atoms with E-state index in [1.54, 1.807) is 0 Å². The molecule has 1 aromatic heterocycles. The van der Waals surface area contributed by atoms with E-state index < -0.39 is 15.9 Å². The first-order valence-electron chi connectivity index (χ1n) is 8.43. The fourth-order valence-corrected chi connectivity index (χ4v) is 4.18. The van der Waals surface area contributed by atoms with Crippen molar-refractivity contribution in [2.45, 2.75) is 18.2 Å². The lowest BCUT2D eigenvalue weighted by molar-refractivity contribution is 0.102. The second-order valence-corrected chi connectivity index (χ2v) is 9.04. The van der Waals surface area contributed by atoms with Crippen LogP contribution in [0.15, 0.2) is 52.7 Å². The van der Waals surface area contributed by atoms with Gasteiger partial charge in [-0.2, -0.15) is 0 Å². The highest BCUT2D eigenvalue weighted by Crippen LogP contribution is 2.27. The van der Waals surface area contributed by atoms with E-state index in [4.69, 9.17) is 11.6 Å². The van der Waals surface area contributed by atoms with Crippen molar-refractivity contribution in [1.82, 2.24) is 9.71 Å². The predicted octanol–water partition coefficient (Wildman–Crippen LogP) is 4.19. The van der Waals surface area contributed by atoms with Gasteiger partial charge in [-0.15, -0.1) is 11.3 Å². The molecule has 0 aliphatic rings. The molecule has 0 atom stereocenters. The number of carbonyl (C=O) groups excluding carboxylic acids is 1. The molecule has 0 aliphatic heterocycles. The molecule has 0 bridgehead atoms. The average molecular weight is 436 g/mol. The molecule has 2 N–H and O–H groups in total. The second kappa shape index (κ2) is 8.40. The predicted molar refractivity (Wildman–Crippen MR) is 113 cm³/mol. The molecular formula is C19H18ClN3O3S2. The maximum atomic E-state index is 12.6. The number of thiazole rings is 1. The van der Waals surface area contributed by atoms with Crippen LogP contribution in [0.1, 0.15) is 22.8 Å². The molecule has 3 rings (SSSR count). The highest BCUT2D eigenvalue weighted by Gasteiger charge is 2.18. The zero-order valence-corrected chi connectivity index (χ0v) is 17.6. The Kier molecular flexibility index (Phi) is 6.14. The van der Waals surface area contributed by atoms with Crippen molar-refractivity contribution in [3.63, 3.8) is 0 Å². The van der Waals surface area contributed by atoms with Crippen molar-refractivity contribution in [1.29, 1.82) is 0 Å². The minimum atomic E-state index is -3.68. The molecule has 0 radical (unpaired) electrons. The van der Waals surface area contributed by atoms with Crippen molar-refractivity contribution >= 4 is 44.0 Å². The van der Waals surface area contributed by atoms with Gasteiger partial charge in [0.1, 0.15) is 0 Å². The molecule has 28 heavy (non-hydrogen) atoms. The molecule has 146 valence electrons. The topological polar surface area (TPSA) is 88.2 Å². The number of halogens is 1. The first kappa shape index (κ1) is 20.5. The van der Waals surface area contributed by atoms with E-state index in [1.807, 2.05) is 29.6 Å². The monoisotopic (exact) mass is 435 g/mol. The minimum absolute atomic E-state index is 0.0413. The minimum Gasteiger partial charge on any atom is -0.298 e. The second-order valence-electron chi connectivity index (χ2n) is 5.89. The van der Waals surface area contributed by atoms with Crippen LogP contribution in [-0.4, -0.2) is 26.4 Å². The van der Waals surface area contributed by atoms with Gasteiger partial charge in [0.2, 0.25) is 10.0 Å². The molecule has 6 nitrogen and oxygen atoms in total. The van der Waals surface area contributed by atoms with E-state index in [-0.39, 0.29) is 15.5 Å². The van der Waals surface area contributed by atoms with Crippen molar-refractivity contribution in [3.05, 3.63) is 64.0 Å². The molecular weight excluding hydrogens is 418 g/mol. The fourth-order valence-electron chi connectivity index (χ4n) is 2.50. The lowest BCUT2D eigenvalue weighted by Crippen LogP contribution is -2.20. The average Bonchev–Trinajstić information content (AvgIpc) is 3.16. The summed E-state index contributed by atoms with van der Waals surface area (Å²) in [6.07, 6.45) is 0.960. The van der Waals surface area contributed by atoms with Crippen LogP contribution in [0, 0.1) is 0 Å². The Hall–Kier alpha value is -2.26. The first-order valence-corrected chi connectivity index (χ1v) is 11.2. The number of benzene rings is 2. The number of aromatic nitrogens is 1. The number of nitrogens with zero attached hydrogens (tertiary/aromatic N) is 1. The van der Waals surface area contributed by atoms with E-state index in [1.165, 1.54) is 42.1 Å². The third-order valence-electron chi connectivity index (χ3n) is 4.14. The Labute approximate surface area is 172 Å². The van der Waals surface area contributed by atoms with Crippen LogP contribution in [0.3, 0.4) is 0 Å². The van der Waals surface area contributed by atoms with E-state index in [0.29, 0.717) is 5.13 Å². The van der Waals surface area contributed by atoms with Crippen molar-refractivity contribution in [3.8, 4) is 11.3 Å². The smallest absolute Gasteiger partial charge is 0.259 e. The summed E-state index contributed by atoms with van der Waals surface area (Å²) in [6.45, 7) is 2.09. The highest BCUT2D eigenvalue weighted by molar-refractivity contribution is 7.89. The molecule has 9 heteroatoms. The zero-order chi connectivity index (χ0) is 20.3. The number of hydrogen-bond acceptors (Lipinski definition) is 5. The zero-order valence-electron chi connectivity index (χ0n) is 15.2. The van der Waals surface area contributed by atoms with Gasteiger partial charge in [0.15, 0.2) is 5.13 Å². The molecule has 0 fully saturated rings. The van der Waals surface area contributed by atoms with Gasteiger partial charge in [-0.3, -0.25) is 10.1 Å². The molecule has 1 amide bonds. The maximum Gasteiger partial charge on any atom is 0.259 e. The van der Waals surface area contributed by atoms with Crippen LogP contribution < -0.4 is 10.0 Å². The van der Waals surface area contributed by atoms with E-state index in [0.717, 1.165) is 17.7 Å². The van der Waals surface area contributed by atoms with E-state index in [2.05, 4.69) is 21.9 Å². The van der Waals surface area contributed by atoms with E-state index in [9.17, 15) is 13.2 Å². The maximum absolute atomic E-state index is 12.6. The summed E-state index contributed by atoms with van der Waals surface area (Å²) in [5, 5.41) is 5.08. The van der Waals surface area contributed by atoms with Gasteiger partial charge in [-0.05, 0) is 37.2 Å². The van der Waals surface area contributed by atoms with Gasteiger partial charge in [0, 0.05) is 10.9 Å². The number of nitrogens with one attached hydrogen (secondary N) is 2. The third kappa shape index (κ3) is 4.41. The fraction of sp³-hybridized carbons (Fsp3) is 0.158. The number of carbonyl (C=O) groups is 1. The Morgan fingerprint density at radius 1 is 1.18 bits per heavy atom. The summed E-state index contributed by atoms with van der Waals surface area (Å²) < 4.78 is 26.1. The van der Waals surface area contributed by atoms with Gasteiger partial charge in [0.05, 0.1) is 21.2 Å². The van der Waals surface area contributed by atoms with Crippen LogP contribution in [0.25, 0.3) is 11.3 Å². The van der Waals surface area contributed by atoms with Gasteiger partial charge < -0.3 is 0 Å². The van der Waals surface area contributed by atoms with Crippen molar-refractivity contribution in [2.24, 2.45) is 0 Å². The number of sulfonamides is 1. The quantitative estimate of drug-likeness (QED) is 0.607. The van der Waals surface area contributed by atoms with Gasteiger partial charge in [0.25, 0.3) is 5.91 Å². The molecule has 1 heterocycles. The number of hydrogen-bond donors (Lipinski definition) is 2. The summed E-state index contributed by atoms with van der Waals surface area (Å²) in [7, 11) is -2.38. The molecule has 0 unspecified atom stereocenters. The van der Waals surface area contributed by atoms with Crippen molar-refractivity contribution in [2.75, 3.05) is 12.4 Å². The standard InChI is InChI=1S/C19H18ClN3O3S2/c1-3-12-4-6-13(7-5-12)17-11-27-19(22-17)23-18(24)15-10-14(8-9-16(15)20)28(25,26)21-2/h4-11,21H,3H2,1-2H3,(H,22,23,24). The van der Waals surface area contributed by atoms with Crippen molar-refractivity contribution < 1.29 is 13.2 Å². The molecule has 0 saturated heterocycles. The summed E-state index contributed by atoms with van der Waals surface area (Å²) in [6, 6.07) is 12.0. The largest absolute Gasteiger partial charge is 0.298 e. The summed E-state index contributed by atoms with van der Waals surface area (Å²) in [4.78, 5) is 17.0. The molecule has 2 aromatic carbocycles. The lowest BCUT2D eigenvalue weighted by Gasteiger charge is -2.07. The van der Waals surface area contributed by atoms with Crippen LogP contribution in [0.5, 0.6) is 0 Å². The molecule has 0 aliphatic carbocycles. The lowest BCUT2D eigenvalue weighted by atomic mass is 10.1. The first-order chi connectivity index (χ1) is 13.3. The van der Waals surface area contributed by atoms with E-state index >= 15 is 0 Å². The normalized spacial score (nSPS) is 11.4. The van der Waals surface area contributed by atoms with Crippen LogP contribution >= 0.6 is 22.9 Å². The van der Waals surface area contributed by atoms with Crippen LogP contribution in [-0.2, 0) is 16.4 Å². The number of anilines is 1.